The fourth-order valence-corrected chi connectivity index (χ4v) is 3.88. The topological polar surface area (TPSA) is 102 Å². The molecule has 0 spiro atoms. The molecule has 2 aromatic carbocycles. The van der Waals surface area contributed by atoms with Crippen molar-refractivity contribution in [1.29, 1.82) is 0 Å². The van der Waals surface area contributed by atoms with E-state index in [-0.39, 0.29) is 12.0 Å². The van der Waals surface area contributed by atoms with Crippen molar-refractivity contribution < 1.29 is 9.13 Å². The molecule has 3 heterocycles. The number of benzene rings is 2. The maximum absolute atomic E-state index is 14.8. The number of aromatic amines is 1. The standard InChI is InChI=1S/C22H21FN6O/c1-2-30-15-4-3-12-11-26-19(9-13(12)7-15)21-27-18-10-14(8-16(23)20(18)29-21)17-5-6-25-22(24)28-17/h3-8,10,19,26H,2,9,11H2,1H3,(H,27,29)(H2,24,25,28). The number of nitrogens with two attached hydrogens (primary N) is 1. The van der Waals surface area contributed by atoms with Gasteiger partial charge in [0.2, 0.25) is 5.95 Å². The number of fused-ring (bicyclic) bond motifs is 2. The molecule has 4 aromatic rings. The number of hydrogen-bond acceptors (Lipinski definition) is 6. The van der Waals surface area contributed by atoms with E-state index in [0.29, 0.717) is 34.7 Å². The molecule has 0 fully saturated rings. The molecule has 1 unspecified atom stereocenters. The third-order valence-corrected chi connectivity index (χ3v) is 5.31. The number of nitrogens with one attached hydrogen (secondary N) is 2. The summed E-state index contributed by atoms with van der Waals surface area (Å²) in [6.45, 7) is 3.32. The third-order valence-electron chi connectivity index (χ3n) is 5.31. The number of nitrogen functional groups attached to an aromatic ring is 1. The number of H-pyrrole nitrogens is 1. The maximum atomic E-state index is 14.8. The summed E-state index contributed by atoms with van der Waals surface area (Å²) in [5.41, 5.74) is 10.2. The minimum absolute atomic E-state index is 0.0423. The van der Waals surface area contributed by atoms with Gasteiger partial charge in [-0.05, 0) is 54.8 Å². The first-order chi connectivity index (χ1) is 14.6. The molecule has 152 valence electrons. The second-order valence-corrected chi connectivity index (χ2v) is 7.28. The molecule has 1 aliphatic rings. The summed E-state index contributed by atoms with van der Waals surface area (Å²) in [5.74, 6) is 1.31. The Bertz CT molecular complexity index is 1240. The molecule has 7 nitrogen and oxygen atoms in total. The second kappa shape index (κ2) is 7.38. The van der Waals surface area contributed by atoms with Gasteiger partial charge in [0.1, 0.15) is 17.1 Å². The molecular formula is C22H21FN6O. The van der Waals surface area contributed by atoms with Gasteiger partial charge >= 0.3 is 0 Å². The smallest absolute Gasteiger partial charge is 0.220 e. The van der Waals surface area contributed by atoms with Crippen molar-refractivity contribution >= 4 is 17.0 Å². The number of nitrogens with zero attached hydrogens (tertiary/aromatic N) is 3. The van der Waals surface area contributed by atoms with E-state index in [4.69, 9.17) is 10.5 Å². The van der Waals surface area contributed by atoms with Gasteiger partial charge < -0.3 is 20.8 Å². The van der Waals surface area contributed by atoms with Crippen molar-refractivity contribution in [3.8, 4) is 17.0 Å². The molecule has 4 N–H and O–H groups in total. The van der Waals surface area contributed by atoms with Crippen LogP contribution < -0.4 is 15.8 Å². The molecule has 0 saturated carbocycles. The summed E-state index contributed by atoms with van der Waals surface area (Å²) >= 11 is 0. The summed E-state index contributed by atoms with van der Waals surface area (Å²) in [6.07, 6.45) is 2.30. The largest absolute Gasteiger partial charge is 0.494 e. The van der Waals surface area contributed by atoms with Gasteiger partial charge in [-0.1, -0.05) is 6.07 Å². The summed E-state index contributed by atoms with van der Waals surface area (Å²) in [7, 11) is 0. The van der Waals surface area contributed by atoms with Gasteiger partial charge in [0.05, 0.1) is 23.9 Å². The lowest BCUT2D eigenvalue weighted by molar-refractivity contribution is 0.339. The van der Waals surface area contributed by atoms with Crippen LogP contribution in [0.4, 0.5) is 10.3 Å². The van der Waals surface area contributed by atoms with Crippen molar-refractivity contribution in [2.45, 2.75) is 25.9 Å². The minimum Gasteiger partial charge on any atom is -0.494 e. The van der Waals surface area contributed by atoms with Crippen LogP contribution in [0.1, 0.15) is 29.9 Å². The van der Waals surface area contributed by atoms with E-state index in [1.807, 2.05) is 19.1 Å². The number of aromatic nitrogens is 4. The van der Waals surface area contributed by atoms with E-state index in [1.165, 1.54) is 17.2 Å². The van der Waals surface area contributed by atoms with Gasteiger partial charge in [-0.15, -0.1) is 0 Å². The fourth-order valence-electron chi connectivity index (χ4n) is 3.88. The zero-order valence-corrected chi connectivity index (χ0v) is 16.4. The Labute approximate surface area is 172 Å². The maximum Gasteiger partial charge on any atom is 0.220 e. The minimum atomic E-state index is -0.406. The van der Waals surface area contributed by atoms with Crippen LogP contribution in [0.25, 0.3) is 22.3 Å². The van der Waals surface area contributed by atoms with E-state index in [1.54, 1.807) is 12.3 Å². The second-order valence-electron chi connectivity index (χ2n) is 7.28. The Hall–Kier alpha value is -3.52. The highest BCUT2D eigenvalue weighted by Crippen LogP contribution is 2.30. The van der Waals surface area contributed by atoms with E-state index in [2.05, 4.69) is 37.4 Å². The highest BCUT2D eigenvalue weighted by Gasteiger charge is 2.23. The first-order valence-corrected chi connectivity index (χ1v) is 9.86. The molecule has 0 aliphatic carbocycles. The lowest BCUT2D eigenvalue weighted by Gasteiger charge is -2.25. The van der Waals surface area contributed by atoms with Crippen molar-refractivity contribution in [2.75, 3.05) is 12.3 Å². The van der Waals surface area contributed by atoms with Crippen molar-refractivity contribution in [3.63, 3.8) is 0 Å². The average Bonchev–Trinajstić information content (AvgIpc) is 3.18. The molecular weight excluding hydrogens is 383 g/mol. The predicted molar refractivity (Wildman–Crippen MR) is 112 cm³/mol. The van der Waals surface area contributed by atoms with Crippen LogP contribution in [-0.2, 0) is 13.0 Å². The van der Waals surface area contributed by atoms with E-state index in [9.17, 15) is 4.39 Å². The molecule has 1 aliphatic heterocycles. The highest BCUT2D eigenvalue weighted by atomic mass is 19.1. The normalized spacial score (nSPS) is 15.9. The summed E-state index contributed by atoms with van der Waals surface area (Å²) < 4.78 is 20.4. The van der Waals surface area contributed by atoms with Gasteiger partial charge in [0.15, 0.2) is 5.82 Å². The van der Waals surface area contributed by atoms with E-state index in [0.717, 1.165) is 18.7 Å². The van der Waals surface area contributed by atoms with E-state index >= 15 is 0 Å². The van der Waals surface area contributed by atoms with Crippen molar-refractivity contribution in [2.24, 2.45) is 0 Å². The summed E-state index contributed by atoms with van der Waals surface area (Å²) in [6, 6.07) is 11.1. The zero-order chi connectivity index (χ0) is 20.7. The molecule has 0 amide bonds. The molecule has 0 radical (unpaired) electrons. The number of imidazole rings is 1. The van der Waals surface area contributed by atoms with Gasteiger partial charge in [0.25, 0.3) is 0 Å². The summed E-state index contributed by atoms with van der Waals surface area (Å²) in [5, 5.41) is 3.48. The number of ether oxygens (including phenoxy) is 1. The first-order valence-electron chi connectivity index (χ1n) is 9.86. The highest BCUT2D eigenvalue weighted by molar-refractivity contribution is 5.82. The van der Waals surface area contributed by atoms with Crippen LogP contribution in [-0.4, -0.2) is 26.5 Å². The Morgan fingerprint density at radius 1 is 1.17 bits per heavy atom. The predicted octanol–water partition coefficient (Wildman–Crippen LogP) is 3.53. The number of rotatable bonds is 4. The molecule has 1 atom stereocenters. The Morgan fingerprint density at radius 3 is 2.90 bits per heavy atom. The average molecular weight is 404 g/mol. The first kappa shape index (κ1) is 18.5. The monoisotopic (exact) mass is 404 g/mol. The van der Waals surface area contributed by atoms with Gasteiger partial charge in [0, 0.05) is 18.3 Å². The molecule has 0 saturated heterocycles. The van der Waals surface area contributed by atoms with Crippen LogP contribution in [0.15, 0.2) is 42.6 Å². The molecule has 2 aromatic heterocycles. The SMILES string of the molecule is CCOc1ccc2c(c1)CC(c1nc3c(F)cc(-c4ccnc(N)n4)cc3[nH]1)NC2. The van der Waals surface area contributed by atoms with Crippen LogP contribution >= 0.6 is 0 Å². The van der Waals surface area contributed by atoms with Crippen molar-refractivity contribution in [3.05, 3.63) is 65.4 Å². The van der Waals surface area contributed by atoms with Crippen LogP contribution in [0.3, 0.4) is 0 Å². The number of anilines is 1. The molecule has 0 bridgehead atoms. The molecule has 8 heteroatoms. The summed E-state index contributed by atoms with van der Waals surface area (Å²) in [4.78, 5) is 15.9. The zero-order valence-electron chi connectivity index (χ0n) is 16.4. The van der Waals surface area contributed by atoms with Crippen LogP contribution in [0.5, 0.6) is 5.75 Å². The van der Waals surface area contributed by atoms with E-state index < -0.39 is 5.82 Å². The van der Waals surface area contributed by atoms with Crippen LogP contribution in [0.2, 0.25) is 0 Å². The Kier molecular flexibility index (Phi) is 4.55. The molecule has 5 rings (SSSR count). The quantitative estimate of drug-likeness (QED) is 0.481. The van der Waals surface area contributed by atoms with Crippen LogP contribution in [0, 0.1) is 5.82 Å². The lowest BCUT2D eigenvalue weighted by atomic mass is 9.95. The van der Waals surface area contributed by atoms with Crippen molar-refractivity contribution in [1.82, 2.24) is 25.3 Å². The van der Waals surface area contributed by atoms with Gasteiger partial charge in [-0.2, -0.15) is 0 Å². The Balaban J connectivity index is 1.48. The third kappa shape index (κ3) is 3.35. The molecule has 30 heavy (non-hydrogen) atoms. The van der Waals surface area contributed by atoms with Gasteiger partial charge in [-0.25, -0.2) is 19.3 Å². The number of halogens is 1. The van der Waals surface area contributed by atoms with Gasteiger partial charge in [-0.3, -0.25) is 0 Å². The number of hydrogen-bond donors (Lipinski definition) is 3. The lowest BCUT2D eigenvalue weighted by Crippen LogP contribution is -2.29. The fraction of sp³-hybridized carbons (Fsp3) is 0.227. The Morgan fingerprint density at radius 2 is 2.07 bits per heavy atom.